The molecule has 4 rings (SSSR count). The summed E-state index contributed by atoms with van der Waals surface area (Å²) >= 11 is 1.79. The number of allylic oxidation sites excluding steroid dienone is 2. The Labute approximate surface area is 171 Å². The molecule has 1 aromatic heterocycles. The van der Waals surface area contributed by atoms with Crippen LogP contribution in [-0.4, -0.2) is 44.4 Å². The predicted octanol–water partition coefficient (Wildman–Crippen LogP) is 4.12. The molecule has 0 bridgehead atoms. The van der Waals surface area contributed by atoms with Crippen molar-refractivity contribution in [2.45, 2.75) is 26.2 Å². The van der Waals surface area contributed by atoms with Gasteiger partial charge in [0.1, 0.15) is 0 Å². The van der Waals surface area contributed by atoms with Crippen LogP contribution in [0.3, 0.4) is 0 Å². The van der Waals surface area contributed by atoms with Gasteiger partial charge in [-0.1, -0.05) is 36.5 Å². The van der Waals surface area contributed by atoms with Crippen molar-refractivity contribution in [1.82, 2.24) is 4.98 Å². The lowest BCUT2D eigenvalue weighted by Gasteiger charge is -2.32. The molecule has 0 atom stereocenters. The van der Waals surface area contributed by atoms with Gasteiger partial charge < -0.3 is 20.3 Å². The maximum absolute atomic E-state index is 6.22. The lowest BCUT2D eigenvalue weighted by Crippen LogP contribution is -2.36. The minimum Gasteiger partial charge on any atom is -0.402 e. The third-order valence-electron chi connectivity index (χ3n) is 5.68. The highest BCUT2D eigenvalue weighted by Crippen LogP contribution is 2.35. The van der Waals surface area contributed by atoms with Crippen molar-refractivity contribution in [3.8, 4) is 10.4 Å². The number of hydrogen-bond donors (Lipinski definition) is 1. The number of anilines is 2. The van der Waals surface area contributed by atoms with E-state index >= 15 is 0 Å². The van der Waals surface area contributed by atoms with Crippen molar-refractivity contribution >= 4 is 22.2 Å². The van der Waals surface area contributed by atoms with Gasteiger partial charge in [0.25, 0.3) is 0 Å². The van der Waals surface area contributed by atoms with Gasteiger partial charge in [-0.3, -0.25) is 0 Å². The molecular weight excluding hydrogens is 368 g/mol. The van der Waals surface area contributed by atoms with Crippen LogP contribution in [-0.2, 0) is 4.74 Å². The van der Waals surface area contributed by atoms with E-state index < -0.39 is 0 Å². The van der Waals surface area contributed by atoms with Gasteiger partial charge in [-0.25, -0.2) is 4.98 Å². The maximum atomic E-state index is 6.22. The minimum atomic E-state index is 0.529. The number of nitrogens with zero attached hydrogens (tertiary/aromatic N) is 3. The number of rotatable bonds is 5. The van der Waals surface area contributed by atoms with Crippen molar-refractivity contribution in [2.24, 2.45) is 11.7 Å². The average Bonchev–Trinajstić information content (AvgIpc) is 3.25. The fourth-order valence-electron chi connectivity index (χ4n) is 4.03. The van der Waals surface area contributed by atoms with E-state index in [0.717, 1.165) is 69.5 Å². The number of hydrogen-bond acceptors (Lipinski definition) is 6. The smallest absolute Gasteiger partial charge is 0.185 e. The highest BCUT2D eigenvalue weighted by molar-refractivity contribution is 7.18. The summed E-state index contributed by atoms with van der Waals surface area (Å²) in [5.41, 5.74) is 9.81. The minimum absolute atomic E-state index is 0.529. The Balaban J connectivity index is 1.43. The highest BCUT2D eigenvalue weighted by Gasteiger charge is 2.23. The standard InChI is InChI=1S/C22H30N4OS/c1-2-4-20(23)17-7-9-26(10-8-17)22-24-16-21(28-22)18-5-3-6-19(15-18)25-11-13-27-14-12-25/h3-6,15-17H,2,7-14,23H2,1H3/b20-4+. The van der Waals surface area contributed by atoms with Crippen molar-refractivity contribution in [3.05, 3.63) is 42.2 Å². The molecule has 2 aromatic rings. The molecule has 5 nitrogen and oxygen atoms in total. The number of benzene rings is 1. The molecule has 2 aliphatic heterocycles. The summed E-state index contributed by atoms with van der Waals surface area (Å²) in [5, 5.41) is 1.13. The molecule has 2 fully saturated rings. The van der Waals surface area contributed by atoms with Crippen molar-refractivity contribution in [1.29, 1.82) is 0 Å². The van der Waals surface area contributed by atoms with Gasteiger partial charge in [-0.2, -0.15) is 0 Å². The van der Waals surface area contributed by atoms with E-state index in [0.29, 0.717) is 5.92 Å². The Morgan fingerprint density at radius 1 is 1.21 bits per heavy atom. The van der Waals surface area contributed by atoms with E-state index in [4.69, 9.17) is 15.5 Å². The summed E-state index contributed by atoms with van der Waals surface area (Å²) in [5.74, 6) is 0.529. The summed E-state index contributed by atoms with van der Waals surface area (Å²) in [7, 11) is 0. The second-order valence-electron chi connectivity index (χ2n) is 7.53. The van der Waals surface area contributed by atoms with Gasteiger partial charge >= 0.3 is 0 Å². The van der Waals surface area contributed by atoms with Crippen LogP contribution in [0.2, 0.25) is 0 Å². The van der Waals surface area contributed by atoms with Crippen LogP contribution < -0.4 is 15.5 Å². The molecule has 150 valence electrons. The van der Waals surface area contributed by atoms with E-state index in [1.165, 1.54) is 16.1 Å². The predicted molar refractivity (Wildman–Crippen MR) is 118 cm³/mol. The van der Waals surface area contributed by atoms with Gasteiger partial charge in [0.2, 0.25) is 0 Å². The Bertz CT molecular complexity index is 804. The van der Waals surface area contributed by atoms with Crippen LogP contribution in [0.25, 0.3) is 10.4 Å². The molecule has 0 amide bonds. The summed E-state index contributed by atoms with van der Waals surface area (Å²) < 4.78 is 5.48. The third kappa shape index (κ3) is 4.33. The van der Waals surface area contributed by atoms with E-state index in [1.54, 1.807) is 11.3 Å². The van der Waals surface area contributed by atoms with Crippen LogP contribution in [0.15, 0.2) is 42.2 Å². The van der Waals surface area contributed by atoms with Gasteiger partial charge in [0.05, 0.1) is 18.1 Å². The molecule has 0 spiro atoms. The first-order valence-electron chi connectivity index (χ1n) is 10.3. The average molecular weight is 399 g/mol. The van der Waals surface area contributed by atoms with Gasteiger partial charge in [0, 0.05) is 49.7 Å². The molecule has 1 aromatic carbocycles. The number of nitrogens with two attached hydrogens (primary N) is 1. The SMILES string of the molecule is CC/C=C(/N)C1CCN(c2ncc(-c3cccc(N4CCOCC4)c3)s2)CC1. The van der Waals surface area contributed by atoms with Crippen LogP contribution in [0.5, 0.6) is 0 Å². The molecule has 3 heterocycles. The summed E-state index contributed by atoms with van der Waals surface area (Å²) in [6.07, 6.45) is 7.44. The molecule has 0 radical (unpaired) electrons. The maximum Gasteiger partial charge on any atom is 0.185 e. The van der Waals surface area contributed by atoms with Crippen LogP contribution in [0.4, 0.5) is 10.8 Å². The van der Waals surface area contributed by atoms with Crippen molar-refractivity contribution in [2.75, 3.05) is 49.2 Å². The fourth-order valence-corrected chi connectivity index (χ4v) is 4.99. The number of piperidine rings is 1. The normalized spacial score (nSPS) is 19.2. The van der Waals surface area contributed by atoms with E-state index in [2.05, 4.69) is 47.1 Å². The van der Waals surface area contributed by atoms with Crippen molar-refractivity contribution < 1.29 is 4.74 Å². The van der Waals surface area contributed by atoms with E-state index in [-0.39, 0.29) is 0 Å². The molecule has 0 saturated carbocycles. The molecule has 0 aliphatic carbocycles. The third-order valence-corrected chi connectivity index (χ3v) is 6.78. The zero-order valence-corrected chi connectivity index (χ0v) is 17.5. The Morgan fingerprint density at radius 2 is 2.00 bits per heavy atom. The van der Waals surface area contributed by atoms with E-state index in [1.807, 2.05) is 6.20 Å². The first kappa shape index (κ1) is 19.3. The van der Waals surface area contributed by atoms with Crippen LogP contribution in [0.1, 0.15) is 26.2 Å². The molecule has 2 aliphatic rings. The Kier molecular flexibility index (Phi) is 6.17. The van der Waals surface area contributed by atoms with Gasteiger partial charge in [-0.05, 0) is 37.0 Å². The summed E-state index contributed by atoms with van der Waals surface area (Å²) in [4.78, 5) is 10.8. The van der Waals surface area contributed by atoms with E-state index in [9.17, 15) is 0 Å². The van der Waals surface area contributed by atoms with Gasteiger partial charge in [0.15, 0.2) is 5.13 Å². The Morgan fingerprint density at radius 3 is 2.75 bits per heavy atom. The summed E-state index contributed by atoms with van der Waals surface area (Å²) in [6.45, 7) is 7.75. The second kappa shape index (κ2) is 8.97. The largest absolute Gasteiger partial charge is 0.402 e. The van der Waals surface area contributed by atoms with Gasteiger partial charge in [-0.15, -0.1) is 0 Å². The molecule has 0 unspecified atom stereocenters. The first-order valence-corrected chi connectivity index (χ1v) is 11.2. The number of aromatic nitrogens is 1. The lowest BCUT2D eigenvalue weighted by atomic mass is 9.93. The summed E-state index contributed by atoms with van der Waals surface area (Å²) in [6, 6.07) is 8.80. The topological polar surface area (TPSA) is 54.6 Å². The molecule has 2 N–H and O–H groups in total. The second-order valence-corrected chi connectivity index (χ2v) is 8.54. The lowest BCUT2D eigenvalue weighted by molar-refractivity contribution is 0.122. The number of ether oxygens (including phenoxy) is 1. The zero-order valence-electron chi connectivity index (χ0n) is 16.6. The molecular formula is C22H30N4OS. The monoisotopic (exact) mass is 398 g/mol. The quantitative estimate of drug-likeness (QED) is 0.821. The molecule has 28 heavy (non-hydrogen) atoms. The molecule has 2 saturated heterocycles. The zero-order chi connectivity index (χ0) is 19.3. The fraction of sp³-hybridized carbons (Fsp3) is 0.500. The first-order chi connectivity index (χ1) is 13.7. The van der Waals surface area contributed by atoms with Crippen LogP contribution >= 0.6 is 11.3 Å². The Hall–Kier alpha value is -2.05. The van der Waals surface area contributed by atoms with Crippen LogP contribution in [0, 0.1) is 5.92 Å². The highest BCUT2D eigenvalue weighted by atomic mass is 32.1. The van der Waals surface area contributed by atoms with Crippen molar-refractivity contribution in [3.63, 3.8) is 0 Å². The number of thiazole rings is 1. The number of morpholine rings is 1. The molecule has 6 heteroatoms.